The van der Waals surface area contributed by atoms with Crippen molar-refractivity contribution in [2.45, 2.75) is 57.3 Å². The molecule has 2 N–H and O–H groups in total. The molecule has 43 heavy (non-hydrogen) atoms. The quantitative estimate of drug-likeness (QED) is 0.0823. The molecule has 0 aliphatic carbocycles. The minimum atomic E-state index is -1.64. The molecule has 3 aromatic rings. The van der Waals surface area contributed by atoms with Crippen molar-refractivity contribution in [1.29, 1.82) is 0 Å². The van der Waals surface area contributed by atoms with Gasteiger partial charge in [-0.2, -0.15) is 0 Å². The summed E-state index contributed by atoms with van der Waals surface area (Å²) in [4.78, 5) is 35.0. The maximum absolute atomic E-state index is 14.3. The van der Waals surface area contributed by atoms with Crippen LogP contribution in [0.25, 0.3) is 10.4 Å². The number of benzene rings is 3. The SMILES string of the molecule is CC(C)(C)OC(=O)CC[C@@]1(C(=O)Nc2ccccc2)N=C(c2ccc(OCCCO)cc2)O[C@@H]1c1ccccc1N=[N+]=[N-]. The lowest BCUT2D eigenvalue weighted by Gasteiger charge is -2.31. The van der Waals surface area contributed by atoms with Gasteiger partial charge in [-0.15, -0.1) is 0 Å². The lowest BCUT2D eigenvalue weighted by atomic mass is 9.82. The monoisotopic (exact) mass is 585 g/mol. The Hall–Kier alpha value is -4.86. The van der Waals surface area contributed by atoms with Crippen molar-refractivity contribution < 1.29 is 28.9 Å². The fraction of sp³-hybridized carbons (Fsp3) is 0.344. The Kier molecular flexibility index (Phi) is 10.0. The number of carbonyl (C=O) groups is 2. The van der Waals surface area contributed by atoms with Crippen LogP contribution in [-0.4, -0.2) is 47.2 Å². The van der Waals surface area contributed by atoms with Crippen LogP contribution in [0.15, 0.2) is 89.0 Å². The van der Waals surface area contributed by atoms with Crippen molar-refractivity contribution >= 4 is 29.1 Å². The zero-order valence-electron chi connectivity index (χ0n) is 24.4. The molecular weight excluding hydrogens is 550 g/mol. The van der Waals surface area contributed by atoms with Gasteiger partial charge in [0.05, 0.1) is 6.61 Å². The van der Waals surface area contributed by atoms with Gasteiger partial charge in [0.25, 0.3) is 5.91 Å². The fourth-order valence-corrected chi connectivity index (χ4v) is 4.64. The summed E-state index contributed by atoms with van der Waals surface area (Å²) in [5.74, 6) is -0.217. The number of esters is 1. The first-order valence-electron chi connectivity index (χ1n) is 14.0. The third-order valence-electron chi connectivity index (χ3n) is 6.56. The standard InChI is InChI=1S/C32H35N5O6/c1-31(2,3)43-27(39)18-19-32(30(40)34-23-10-5-4-6-11-23)28(25-12-7-8-13-26(25)36-37-33)42-29(35-32)22-14-16-24(17-15-22)41-21-9-20-38/h4-8,10-17,28,38H,9,18-21H2,1-3H3,(H,34,40)/t28-,32-/m1/s1. The normalized spacial score (nSPS) is 17.7. The number of aliphatic hydroxyl groups is 1. The van der Waals surface area contributed by atoms with E-state index in [2.05, 4.69) is 15.3 Å². The van der Waals surface area contributed by atoms with E-state index in [1.807, 2.05) is 6.07 Å². The number of amides is 1. The van der Waals surface area contributed by atoms with E-state index in [0.29, 0.717) is 35.6 Å². The Morgan fingerprint density at radius 3 is 2.44 bits per heavy atom. The highest BCUT2D eigenvalue weighted by atomic mass is 16.6. The van der Waals surface area contributed by atoms with Gasteiger partial charge in [-0.3, -0.25) is 9.59 Å². The Balaban J connectivity index is 1.80. The molecule has 1 aliphatic rings. The molecule has 0 saturated heterocycles. The summed E-state index contributed by atoms with van der Waals surface area (Å²) < 4.78 is 17.6. The van der Waals surface area contributed by atoms with Gasteiger partial charge in [-0.25, -0.2) is 4.99 Å². The lowest BCUT2D eigenvalue weighted by Crippen LogP contribution is -2.45. The van der Waals surface area contributed by atoms with Crippen molar-refractivity contribution in [3.05, 3.63) is 100 Å². The zero-order chi connectivity index (χ0) is 30.9. The summed E-state index contributed by atoms with van der Waals surface area (Å²) in [6.45, 7) is 5.70. The number of nitrogens with zero attached hydrogens (tertiary/aromatic N) is 4. The van der Waals surface area contributed by atoms with E-state index in [1.54, 1.807) is 93.6 Å². The third kappa shape index (κ3) is 7.91. The summed E-state index contributed by atoms with van der Waals surface area (Å²) in [5, 5.41) is 15.8. The van der Waals surface area contributed by atoms with Gasteiger partial charge in [0.1, 0.15) is 11.4 Å². The van der Waals surface area contributed by atoms with Gasteiger partial charge in [0.15, 0.2) is 11.6 Å². The summed E-state index contributed by atoms with van der Waals surface area (Å²) >= 11 is 0. The van der Waals surface area contributed by atoms with Crippen molar-refractivity contribution in [2.75, 3.05) is 18.5 Å². The molecule has 0 unspecified atom stereocenters. The van der Waals surface area contributed by atoms with Crippen molar-refractivity contribution in [1.82, 2.24) is 0 Å². The van der Waals surface area contributed by atoms with Crippen LogP contribution < -0.4 is 10.1 Å². The third-order valence-corrected chi connectivity index (χ3v) is 6.56. The topological polar surface area (TPSA) is 155 Å². The molecule has 0 fully saturated rings. The van der Waals surface area contributed by atoms with Gasteiger partial charge in [-0.1, -0.05) is 47.6 Å². The summed E-state index contributed by atoms with van der Waals surface area (Å²) in [7, 11) is 0. The van der Waals surface area contributed by atoms with Crippen molar-refractivity contribution in [3.63, 3.8) is 0 Å². The highest BCUT2D eigenvalue weighted by Crippen LogP contribution is 2.46. The van der Waals surface area contributed by atoms with Crippen LogP contribution in [0.5, 0.6) is 5.75 Å². The zero-order valence-corrected chi connectivity index (χ0v) is 24.4. The molecular formula is C32H35N5O6. The van der Waals surface area contributed by atoms with E-state index in [1.165, 1.54) is 0 Å². The minimum Gasteiger partial charge on any atom is -0.494 e. The molecule has 3 aromatic carbocycles. The van der Waals surface area contributed by atoms with Crippen molar-refractivity contribution in [3.8, 4) is 5.75 Å². The molecule has 11 nitrogen and oxygen atoms in total. The Morgan fingerprint density at radius 2 is 1.77 bits per heavy atom. The molecule has 224 valence electrons. The second-order valence-corrected chi connectivity index (χ2v) is 10.9. The molecule has 2 atom stereocenters. The van der Waals surface area contributed by atoms with E-state index in [9.17, 15) is 15.1 Å². The van der Waals surface area contributed by atoms with Crippen LogP contribution in [0.4, 0.5) is 11.4 Å². The van der Waals surface area contributed by atoms with Gasteiger partial charge in [0.2, 0.25) is 5.90 Å². The molecule has 0 spiro atoms. The fourth-order valence-electron chi connectivity index (χ4n) is 4.64. The second kappa shape index (κ2) is 13.9. The van der Waals surface area contributed by atoms with Crippen LogP contribution in [-0.2, 0) is 19.1 Å². The van der Waals surface area contributed by atoms with Crippen LogP contribution in [0, 0.1) is 0 Å². The van der Waals surface area contributed by atoms with E-state index in [4.69, 9.17) is 24.3 Å². The first-order valence-corrected chi connectivity index (χ1v) is 14.0. The summed E-state index contributed by atoms with van der Waals surface area (Å²) in [5.41, 5.74) is 8.73. The summed E-state index contributed by atoms with van der Waals surface area (Å²) in [6, 6.07) is 22.7. The number of anilines is 1. The number of hydrogen-bond donors (Lipinski definition) is 2. The number of aliphatic hydroxyl groups excluding tert-OH is 1. The van der Waals surface area contributed by atoms with Crippen LogP contribution in [0.2, 0.25) is 0 Å². The predicted molar refractivity (Wildman–Crippen MR) is 162 cm³/mol. The van der Waals surface area contributed by atoms with Gasteiger partial charge >= 0.3 is 5.97 Å². The predicted octanol–water partition coefficient (Wildman–Crippen LogP) is 6.41. The minimum absolute atomic E-state index is 0.0257. The molecule has 0 bridgehead atoms. The Bertz CT molecular complexity index is 1500. The number of aliphatic imine (C=N–C) groups is 1. The molecule has 0 radical (unpaired) electrons. The van der Waals surface area contributed by atoms with E-state index in [0.717, 1.165) is 0 Å². The highest BCUT2D eigenvalue weighted by molar-refractivity contribution is 6.05. The molecule has 0 saturated carbocycles. The number of nitrogens with one attached hydrogen (secondary N) is 1. The average Bonchev–Trinajstić information content (AvgIpc) is 3.37. The smallest absolute Gasteiger partial charge is 0.306 e. The van der Waals surface area contributed by atoms with Crippen LogP contribution in [0.3, 0.4) is 0 Å². The van der Waals surface area contributed by atoms with E-state index < -0.39 is 29.1 Å². The molecule has 1 heterocycles. The first kappa shape index (κ1) is 31.1. The molecule has 0 aromatic heterocycles. The number of rotatable bonds is 12. The largest absolute Gasteiger partial charge is 0.494 e. The van der Waals surface area contributed by atoms with Gasteiger partial charge < -0.3 is 24.6 Å². The van der Waals surface area contributed by atoms with E-state index in [-0.39, 0.29) is 31.0 Å². The Morgan fingerprint density at radius 1 is 1.07 bits per heavy atom. The lowest BCUT2D eigenvalue weighted by molar-refractivity contribution is -0.155. The number of azide groups is 1. The van der Waals surface area contributed by atoms with Crippen LogP contribution >= 0.6 is 0 Å². The highest BCUT2D eigenvalue weighted by Gasteiger charge is 2.54. The second-order valence-electron chi connectivity index (χ2n) is 10.9. The summed E-state index contributed by atoms with van der Waals surface area (Å²) in [6.07, 6.45) is -0.726. The maximum Gasteiger partial charge on any atom is 0.306 e. The maximum atomic E-state index is 14.3. The van der Waals surface area contributed by atoms with Crippen molar-refractivity contribution in [2.24, 2.45) is 10.1 Å². The number of para-hydroxylation sites is 1. The van der Waals surface area contributed by atoms with E-state index >= 15 is 0 Å². The molecule has 11 heteroatoms. The van der Waals surface area contributed by atoms with Gasteiger partial charge in [0, 0.05) is 46.9 Å². The molecule has 4 rings (SSSR count). The average molecular weight is 586 g/mol. The van der Waals surface area contributed by atoms with Crippen LogP contribution in [0.1, 0.15) is 57.3 Å². The van der Waals surface area contributed by atoms with Gasteiger partial charge in [-0.05, 0) is 69.1 Å². The Labute approximate surface area is 250 Å². The number of carbonyl (C=O) groups excluding carboxylic acids is 2. The molecule has 1 aliphatic heterocycles. The molecule has 1 amide bonds. The first-order chi connectivity index (χ1) is 20.6. The number of ether oxygens (including phenoxy) is 3. The number of hydrogen-bond acceptors (Lipinski definition) is 8.